The predicted molar refractivity (Wildman–Crippen MR) is 94.5 cm³/mol. The number of carbonyl (C=O) groups is 1. The topological polar surface area (TPSA) is 76.4 Å². The number of aryl methyl sites for hydroxylation is 2. The highest BCUT2D eigenvalue weighted by Gasteiger charge is 2.23. The molecule has 1 heterocycles. The molecule has 2 aromatic carbocycles. The van der Waals surface area contributed by atoms with Crippen LogP contribution in [0.2, 0.25) is 0 Å². The molecule has 0 fully saturated rings. The fraction of sp³-hybridized carbons (Fsp3) is 0.105. The first-order valence-electron chi connectivity index (χ1n) is 7.66. The van der Waals surface area contributed by atoms with Gasteiger partial charge in [-0.15, -0.1) is 0 Å². The zero-order valence-electron chi connectivity index (χ0n) is 13.8. The predicted octanol–water partition coefficient (Wildman–Crippen LogP) is 3.98. The molecule has 0 radical (unpaired) electrons. The van der Waals surface area contributed by atoms with Crippen LogP contribution in [0.1, 0.15) is 21.7 Å². The van der Waals surface area contributed by atoms with Crippen molar-refractivity contribution in [1.82, 2.24) is 0 Å². The number of carbonyl (C=O) groups excluding carboxylic acids is 1. The second-order valence-corrected chi connectivity index (χ2v) is 7.59. The third kappa shape index (κ3) is 3.49. The van der Waals surface area contributed by atoms with Crippen molar-refractivity contribution in [3.63, 3.8) is 0 Å². The minimum Gasteiger partial charge on any atom is -0.439 e. The van der Waals surface area contributed by atoms with Crippen molar-refractivity contribution in [2.75, 3.05) is 5.32 Å². The van der Waals surface area contributed by atoms with Crippen molar-refractivity contribution in [1.29, 1.82) is 0 Å². The highest BCUT2D eigenvalue weighted by atomic mass is 32.2. The molecule has 0 aliphatic rings. The minimum atomic E-state index is -3.79. The van der Waals surface area contributed by atoms with E-state index >= 15 is 0 Å². The molecule has 0 aliphatic heterocycles. The maximum atomic E-state index is 12.5. The van der Waals surface area contributed by atoms with E-state index in [1.807, 2.05) is 32.0 Å². The Kier molecular flexibility index (Phi) is 4.46. The lowest BCUT2D eigenvalue weighted by Crippen LogP contribution is -2.12. The highest BCUT2D eigenvalue weighted by molar-refractivity contribution is 7.91. The Balaban J connectivity index is 1.86. The summed E-state index contributed by atoms with van der Waals surface area (Å²) in [6, 6.07) is 16.3. The first kappa shape index (κ1) is 17.0. The lowest BCUT2D eigenvalue weighted by Gasteiger charge is -2.08. The van der Waals surface area contributed by atoms with Crippen LogP contribution in [0.4, 0.5) is 5.69 Å². The molecule has 1 aromatic heterocycles. The summed E-state index contributed by atoms with van der Waals surface area (Å²) in [6.07, 6.45) is 0. The van der Waals surface area contributed by atoms with Gasteiger partial charge >= 0.3 is 0 Å². The number of benzene rings is 2. The lowest BCUT2D eigenvalue weighted by molar-refractivity contribution is 0.0991. The van der Waals surface area contributed by atoms with Crippen molar-refractivity contribution >= 4 is 21.4 Å². The van der Waals surface area contributed by atoms with E-state index < -0.39 is 15.7 Å². The normalized spacial score (nSPS) is 11.3. The monoisotopic (exact) mass is 355 g/mol. The number of furan rings is 1. The Morgan fingerprint density at radius 3 is 2.40 bits per heavy atom. The van der Waals surface area contributed by atoms with Crippen molar-refractivity contribution in [2.24, 2.45) is 0 Å². The molecule has 3 aromatic rings. The summed E-state index contributed by atoms with van der Waals surface area (Å²) in [7, 11) is -3.79. The van der Waals surface area contributed by atoms with E-state index in [1.54, 1.807) is 18.2 Å². The van der Waals surface area contributed by atoms with Gasteiger partial charge < -0.3 is 9.73 Å². The van der Waals surface area contributed by atoms with E-state index in [0.717, 1.165) is 11.1 Å². The van der Waals surface area contributed by atoms with Gasteiger partial charge in [-0.3, -0.25) is 4.79 Å². The number of amides is 1. The molecule has 0 saturated carbocycles. The van der Waals surface area contributed by atoms with Gasteiger partial charge in [-0.1, -0.05) is 30.3 Å². The average molecular weight is 355 g/mol. The molecule has 3 rings (SSSR count). The Bertz CT molecular complexity index is 1020. The number of rotatable bonds is 4. The second-order valence-electron chi connectivity index (χ2n) is 5.71. The van der Waals surface area contributed by atoms with Gasteiger partial charge in [0.1, 0.15) is 0 Å². The number of anilines is 1. The summed E-state index contributed by atoms with van der Waals surface area (Å²) in [5, 5.41) is 2.48. The van der Waals surface area contributed by atoms with Gasteiger partial charge in [0.25, 0.3) is 5.91 Å². The second kappa shape index (κ2) is 6.57. The summed E-state index contributed by atoms with van der Waals surface area (Å²) in [5.74, 6) is -0.557. The quantitative estimate of drug-likeness (QED) is 0.768. The van der Waals surface area contributed by atoms with Crippen LogP contribution in [0.25, 0.3) is 0 Å². The summed E-state index contributed by atoms with van der Waals surface area (Å²) in [6.45, 7) is 3.80. The van der Waals surface area contributed by atoms with Crippen molar-refractivity contribution in [3.05, 3.63) is 77.6 Å². The highest BCUT2D eigenvalue weighted by Crippen LogP contribution is 2.24. The molecule has 5 nitrogen and oxygen atoms in total. The van der Waals surface area contributed by atoms with Gasteiger partial charge in [0, 0.05) is 5.69 Å². The van der Waals surface area contributed by atoms with Crippen LogP contribution >= 0.6 is 0 Å². The fourth-order valence-corrected chi connectivity index (χ4v) is 3.55. The maximum Gasteiger partial charge on any atom is 0.291 e. The Morgan fingerprint density at radius 2 is 1.68 bits per heavy atom. The molecule has 0 bridgehead atoms. The van der Waals surface area contributed by atoms with Gasteiger partial charge in [-0.2, -0.15) is 0 Å². The van der Waals surface area contributed by atoms with Crippen molar-refractivity contribution in [3.8, 4) is 0 Å². The molecule has 1 N–H and O–H groups in total. The van der Waals surface area contributed by atoms with E-state index in [2.05, 4.69) is 5.32 Å². The zero-order valence-corrected chi connectivity index (χ0v) is 14.6. The molecular weight excluding hydrogens is 338 g/mol. The third-order valence-corrected chi connectivity index (χ3v) is 5.41. The van der Waals surface area contributed by atoms with Crippen molar-refractivity contribution < 1.29 is 17.6 Å². The smallest absolute Gasteiger partial charge is 0.291 e. The molecule has 0 unspecified atom stereocenters. The van der Waals surface area contributed by atoms with Crippen molar-refractivity contribution in [2.45, 2.75) is 23.8 Å². The van der Waals surface area contributed by atoms with E-state index in [0.29, 0.717) is 5.69 Å². The first-order valence-corrected chi connectivity index (χ1v) is 9.15. The van der Waals surface area contributed by atoms with Gasteiger partial charge in [0.15, 0.2) is 5.76 Å². The molecule has 1 amide bonds. The van der Waals surface area contributed by atoms with Crippen LogP contribution in [0.15, 0.2) is 75.1 Å². The largest absolute Gasteiger partial charge is 0.439 e. The van der Waals surface area contributed by atoms with Crippen LogP contribution in [0, 0.1) is 13.8 Å². The number of hydrogen-bond donors (Lipinski definition) is 1. The SMILES string of the molecule is Cc1ccc(C)c(NC(=O)c2ccc(S(=O)(=O)c3ccccc3)o2)c1. The van der Waals surface area contributed by atoms with Crippen LogP contribution < -0.4 is 5.32 Å². The summed E-state index contributed by atoms with van der Waals surface area (Å²) < 4.78 is 30.3. The number of hydrogen-bond acceptors (Lipinski definition) is 4. The molecule has 6 heteroatoms. The van der Waals surface area contributed by atoms with E-state index in [4.69, 9.17) is 4.42 Å². The molecule has 0 atom stereocenters. The Hall–Kier alpha value is -2.86. The Labute approximate surface area is 146 Å². The van der Waals surface area contributed by atoms with Gasteiger partial charge in [0.05, 0.1) is 4.90 Å². The van der Waals surface area contributed by atoms with Gasteiger partial charge in [-0.05, 0) is 55.3 Å². The molecule has 0 spiro atoms. The maximum absolute atomic E-state index is 12.5. The molecule has 25 heavy (non-hydrogen) atoms. The van der Waals surface area contributed by atoms with Crippen LogP contribution in [0.3, 0.4) is 0 Å². The summed E-state index contributed by atoms with van der Waals surface area (Å²) in [5.41, 5.74) is 2.57. The average Bonchev–Trinajstić information content (AvgIpc) is 3.10. The zero-order chi connectivity index (χ0) is 18.0. The van der Waals surface area contributed by atoms with E-state index in [9.17, 15) is 13.2 Å². The van der Waals surface area contributed by atoms with Crippen LogP contribution in [0.5, 0.6) is 0 Å². The molecule has 128 valence electrons. The molecular formula is C19H17NO4S. The summed E-state index contributed by atoms with van der Waals surface area (Å²) in [4.78, 5) is 12.5. The Morgan fingerprint density at radius 1 is 0.960 bits per heavy atom. The van der Waals surface area contributed by atoms with Crippen LogP contribution in [-0.2, 0) is 9.84 Å². The van der Waals surface area contributed by atoms with Gasteiger partial charge in [0.2, 0.25) is 14.9 Å². The summed E-state index contributed by atoms with van der Waals surface area (Å²) >= 11 is 0. The first-order chi connectivity index (χ1) is 11.9. The third-order valence-electron chi connectivity index (χ3n) is 3.76. The van der Waals surface area contributed by atoms with E-state index in [-0.39, 0.29) is 15.7 Å². The van der Waals surface area contributed by atoms with Gasteiger partial charge in [-0.25, -0.2) is 8.42 Å². The molecule has 0 aliphatic carbocycles. The fourth-order valence-electron chi connectivity index (χ4n) is 2.36. The standard InChI is InChI=1S/C19H17NO4S/c1-13-8-9-14(2)16(12-13)20-19(21)17-10-11-18(24-17)25(22,23)15-6-4-3-5-7-15/h3-12H,1-2H3,(H,20,21). The minimum absolute atomic E-state index is 0.0598. The van der Waals surface area contributed by atoms with Crippen LogP contribution in [-0.4, -0.2) is 14.3 Å². The molecule has 0 saturated heterocycles. The number of nitrogens with one attached hydrogen (secondary N) is 1. The van der Waals surface area contributed by atoms with E-state index in [1.165, 1.54) is 24.3 Å². The number of sulfone groups is 1. The lowest BCUT2D eigenvalue weighted by atomic mass is 10.1.